The maximum atomic E-state index is 12.4. The Morgan fingerprint density at radius 1 is 1.20 bits per heavy atom. The van der Waals surface area contributed by atoms with E-state index >= 15 is 0 Å². The van der Waals surface area contributed by atoms with Crippen LogP contribution in [-0.2, 0) is 0 Å². The van der Waals surface area contributed by atoms with Gasteiger partial charge in [-0.25, -0.2) is 0 Å². The quantitative estimate of drug-likeness (QED) is 0.860. The lowest BCUT2D eigenvalue weighted by molar-refractivity contribution is -0.274. The van der Waals surface area contributed by atoms with Gasteiger partial charge in [0.05, 0.1) is 11.8 Å². The highest BCUT2D eigenvalue weighted by atomic mass is 79.9. The molecule has 20 heavy (non-hydrogen) atoms. The topological polar surface area (TPSA) is 41.5 Å². The van der Waals surface area contributed by atoms with Crippen molar-refractivity contribution in [1.29, 1.82) is 0 Å². The van der Waals surface area contributed by atoms with E-state index in [1.807, 2.05) is 0 Å². The first-order valence-corrected chi connectivity index (χ1v) is 7.13. The van der Waals surface area contributed by atoms with E-state index < -0.39 is 6.36 Å². The second kappa shape index (κ2) is 6.22. The van der Waals surface area contributed by atoms with Gasteiger partial charge in [0.2, 0.25) is 0 Å². The summed E-state index contributed by atoms with van der Waals surface area (Å²) in [5.41, 5.74) is 0.312. The van der Waals surface area contributed by atoms with Gasteiger partial charge in [-0.15, -0.1) is 13.2 Å². The van der Waals surface area contributed by atoms with Crippen molar-refractivity contribution in [3.8, 4) is 5.75 Å². The van der Waals surface area contributed by atoms with Gasteiger partial charge < -0.3 is 15.2 Å². The van der Waals surface area contributed by atoms with Gasteiger partial charge in [0.1, 0.15) is 0 Å². The minimum absolute atomic E-state index is 0.0511. The highest BCUT2D eigenvalue weighted by molar-refractivity contribution is 9.10. The first-order valence-electron chi connectivity index (χ1n) is 6.33. The number of hydrogen-bond acceptors (Lipinski definition) is 3. The second-order valence-corrected chi connectivity index (χ2v) is 5.75. The van der Waals surface area contributed by atoms with Gasteiger partial charge in [-0.3, -0.25) is 0 Å². The molecule has 2 rings (SSSR count). The Hall–Kier alpha value is -0.950. The molecule has 0 radical (unpaired) electrons. The summed E-state index contributed by atoms with van der Waals surface area (Å²) >= 11 is 3.13. The summed E-state index contributed by atoms with van der Waals surface area (Å²) in [4.78, 5) is 0. The minimum Gasteiger partial charge on any atom is -0.404 e. The lowest BCUT2D eigenvalue weighted by atomic mass is 9.93. The summed E-state index contributed by atoms with van der Waals surface area (Å²) in [5.74, 6) is -0.252. The van der Waals surface area contributed by atoms with Crippen LogP contribution in [0.25, 0.3) is 0 Å². The molecule has 112 valence electrons. The largest absolute Gasteiger partial charge is 0.573 e. The standard InChI is InChI=1S/C13H15BrF3NO2/c14-8-1-6-11(12(7-8)20-13(15,16)17)18-9-2-4-10(19)5-3-9/h1,6-7,9-10,18-19H,2-5H2. The fourth-order valence-electron chi connectivity index (χ4n) is 2.26. The Morgan fingerprint density at radius 3 is 2.45 bits per heavy atom. The second-order valence-electron chi connectivity index (χ2n) is 4.84. The third-order valence-electron chi connectivity index (χ3n) is 3.23. The average molecular weight is 354 g/mol. The summed E-state index contributed by atoms with van der Waals surface area (Å²) in [6, 6.07) is 4.54. The Morgan fingerprint density at radius 2 is 1.85 bits per heavy atom. The number of ether oxygens (including phenoxy) is 1. The molecule has 0 spiro atoms. The molecule has 1 aromatic rings. The Bertz CT molecular complexity index is 459. The van der Waals surface area contributed by atoms with E-state index in [2.05, 4.69) is 26.0 Å². The lowest BCUT2D eigenvalue weighted by Gasteiger charge is -2.28. The molecule has 7 heteroatoms. The molecule has 1 fully saturated rings. The van der Waals surface area contributed by atoms with E-state index in [4.69, 9.17) is 0 Å². The predicted octanol–water partition coefficient (Wildman–Crippen LogP) is 4.06. The number of halogens is 4. The molecule has 1 aliphatic rings. The first kappa shape index (κ1) is 15.4. The first-order chi connectivity index (χ1) is 9.33. The molecule has 0 aliphatic heterocycles. The third kappa shape index (κ3) is 4.56. The van der Waals surface area contributed by atoms with Crippen LogP contribution < -0.4 is 10.1 Å². The molecule has 0 unspecified atom stereocenters. The van der Waals surface area contributed by atoms with Crippen molar-refractivity contribution in [2.24, 2.45) is 0 Å². The van der Waals surface area contributed by atoms with E-state index in [-0.39, 0.29) is 17.9 Å². The fraction of sp³-hybridized carbons (Fsp3) is 0.538. The van der Waals surface area contributed by atoms with Crippen LogP contribution in [-0.4, -0.2) is 23.6 Å². The zero-order valence-electron chi connectivity index (χ0n) is 10.6. The van der Waals surface area contributed by atoms with E-state index in [9.17, 15) is 18.3 Å². The van der Waals surface area contributed by atoms with Gasteiger partial charge in [-0.1, -0.05) is 15.9 Å². The van der Waals surface area contributed by atoms with Crippen molar-refractivity contribution in [3.05, 3.63) is 22.7 Å². The zero-order valence-corrected chi connectivity index (χ0v) is 12.2. The molecule has 1 aromatic carbocycles. The number of nitrogens with one attached hydrogen (secondary N) is 1. The summed E-state index contributed by atoms with van der Waals surface area (Å²) in [6.07, 6.45) is -2.26. The molecule has 0 aromatic heterocycles. The van der Waals surface area contributed by atoms with Crippen molar-refractivity contribution in [1.82, 2.24) is 0 Å². The highest BCUT2D eigenvalue weighted by Crippen LogP contribution is 2.34. The van der Waals surface area contributed by atoms with Crippen LogP contribution in [0.3, 0.4) is 0 Å². The molecular formula is C13H15BrF3NO2. The third-order valence-corrected chi connectivity index (χ3v) is 3.72. The maximum Gasteiger partial charge on any atom is 0.573 e. The van der Waals surface area contributed by atoms with Crippen LogP contribution in [0, 0.1) is 0 Å². The van der Waals surface area contributed by atoms with Crippen molar-refractivity contribution >= 4 is 21.6 Å². The molecule has 2 N–H and O–H groups in total. The van der Waals surface area contributed by atoms with E-state index in [0.29, 0.717) is 23.0 Å². The molecule has 1 saturated carbocycles. The molecule has 0 atom stereocenters. The van der Waals surface area contributed by atoms with E-state index in [1.165, 1.54) is 6.07 Å². The summed E-state index contributed by atoms with van der Waals surface area (Å²) in [7, 11) is 0. The Kier molecular flexibility index (Phi) is 4.80. The summed E-state index contributed by atoms with van der Waals surface area (Å²) in [6.45, 7) is 0. The van der Waals surface area contributed by atoms with Gasteiger partial charge in [0, 0.05) is 10.5 Å². The summed E-state index contributed by atoms with van der Waals surface area (Å²) < 4.78 is 41.7. The number of benzene rings is 1. The van der Waals surface area contributed by atoms with Crippen LogP contribution in [0.1, 0.15) is 25.7 Å². The van der Waals surface area contributed by atoms with Crippen LogP contribution in [0.4, 0.5) is 18.9 Å². The van der Waals surface area contributed by atoms with Crippen molar-refractivity contribution in [2.45, 2.75) is 44.2 Å². The van der Waals surface area contributed by atoms with Gasteiger partial charge in [0.15, 0.2) is 5.75 Å². The van der Waals surface area contributed by atoms with Crippen molar-refractivity contribution in [3.63, 3.8) is 0 Å². The van der Waals surface area contributed by atoms with Gasteiger partial charge in [0.25, 0.3) is 0 Å². The average Bonchev–Trinajstić information content (AvgIpc) is 2.33. The van der Waals surface area contributed by atoms with Crippen LogP contribution in [0.5, 0.6) is 5.75 Å². The molecule has 0 saturated heterocycles. The van der Waals surface area contributed by atoms with Gasteiger partial charge >= 0.3 is 6.36 Å². The number of aliphatic hydroxyl groups is 1. The number of hydrogen-bond donors (Lipinski definition) is 2. The number of anilines is 1. The molecule has 3 nitrogen and oxygen atoms in total. The number of alkyl halides is 3. The Balaban J connectivity index is 2.10. The van der Waals surface area contributed by atoms with Crippen LogP contribution in [0.15, 0.2) is 22.7 Å². The molecule has 0 heterocycles. The smallest absolute Gasteiger partial charge is 0.404 e. The predicted molar refractivity (Wildman–Crippen MR) is 72.7 cm³/mol. The molecule has 0 amide bonds. The van der Waals surface area contributed by atoms with E-state index in [1.54, 1.807) is 12.1 Å². The fourth-order valence-corrected chi connectivity index (χ4v) is 2.60. The monoisotopic (exact) mass is 353 g/mol. The molecule has 0 bridgehead atoms. The lowest BCUT2D eigenvalue weighted by Crippen LogP contribution is -2.28. The molecule has 1 aliphatic carbocycles. The van der Waals surface area contributed by atoms with Crippen molar-refractivity contribution < 1.29 is 23.0 Å². The van der Waals surface area contributed by atoms with Gasteiger partial charge in [-0.05, 0) is 43.9 Å². The zero-order chi connectivity index (χ0) is 14.8. The summed E-state index contributed by atoms with van der Waals surface area (Å²) in [5, 5.41) is 12.5. The normalized spacial score (nSPS) is 23.4. The minimum atomic E-state index is -4.72. The SMILES string of the molecule is OC1CCC(Nc2ccc(Br)cc2OC(F)(F)F)CC1. The maximum absolute atomic E-state index is 12.4. The number of aliphatic hydroxyl groups excluding tert-OH is 1. The Labute approximate surface area is 123 Å². The highest BCUT2D eigenvalue weighted by Gasteiger charge is 2.32. The van der Waals surface area contributed by atoms with Crippen LogP contribution in [0.2, 0.25) is 0 Å². The van der Waals surface area contributed by atoms with E-state index in [0.717, 1.165) is 12.8 Å². The molecular weight excluding hydrogens is 339 g/mol. The van der Waals surface area contributed by atoms with Crippen LogP contribution >= 0.6 is 15.9 Å². The van der Waals surface area contributed by atoms with Crippen molar-refractivity contribution in [2.75, 3.05) is 5.32 Å². The van der Waals surface area contributed by atoms with Gasteiger partial charge in [-0.2, -0.15) is 0 Å². The number of rotatable bonds is 3.